The van der Waals surface area contributed by atoms with Crippen LogP contribution < -0.4 is 5.32 Å². The molecule has 20 heavy (non-hydrogen) atoms. The predicted octanol–water partition coefficient (Wildman–Crippen LogP) is 2.23. The number of hydrogen-bond donors (Lipinski definition) is 1. The molecule has 1 amide bonds. The normalized spacial score (nSPS) is 28.5. The molecule has 1 unspecified atom stereocenters. The van der Waals surface area contributed by atoms with Crippen molar-refractivity contribution in [3.8, 4) is 0 Å². The maximum absolute atomic E-state index is 12.9. The van der Waals surface area contributed by atoms with Gasteiger partial charge in [-0.3, -0.25) is 15.1 Å². The van der Waals surface area contributed by atoms with Gasteiger partial charge in [0.05, 0.1) is 5.54 Å². The molecular formula is C16H21N3O. The van der Waals surface area contributed by atoms with E-state index in [1.54, 1.807) is 6.20 Å². The standard InChI is InChI=1S/C16H21N3O/c20-15-16(7-1-2-8-16)18-14(13-4-3-9-17-10-13)19(15)11-12-5-6-12/h3-4,9-10,12,14,18H,1-2,5-8,11H2. The monoisotopic (exact) mass is 271 g/mol. The molecule has 4 nitrogen and oxygen atoms in total. The van der Waals surface area contributed by atoms with Gasteiger partial charge >= 0.3 is 0 Å². The summed E-state index contributed by atoms with van der Waals surface area (Å²) in [5, 5.41) is 3.65. The lowest BCUT2D eigenvalue weighted by Gasteiger charge is -2.24. The number of nitrogens with one attached hydrogen (secondary N) is 1. The van der Waals surface area contributed by atoms with Crippen molar-refractivity contribution in [1.29, 1.82) is 0 Å². The van der Waals surface area contributed by atoms with Gasteiger partial charge in [-0.15, -0.1) is 0 Å². The highest BCUT2D eigenvalue weighted by Crippen LogP contribution is 2.42. The number of rotatable bonds is 3. The number of amides is 1. The summed E-state index contributed by atoms with van der Waals surface area (Å²) in [5.41, 5.74) is 0.834. The molecule has 3 fully saturated rings. The summed E-state index contributed by atoms with van der Waals surface area (Å²) in [7, 11) is 0. The molecule has 0 aromatic carbocycles. The van der Waals surface area contributed by atoms with Crippen molar-refractivity contribution in [3.63, 3.8) is 0 Å². The van der Waals surface area contributed by atoms with Crippen LogP contribution in [-0.4, -0.2) is 27.9 Å². The van der Waals surface area contributed by atoms with Crippen LogP contribution in [0.5, 0.6) is 0 Å². The zero-order valence-corrected chi connectivity index (χ0v) is 11.7. The third-order valence-electron chi connectivity index (χ3n) is 5.00. The summed E-state index contributed by atoms with van der Waals surface area (Å²) in [6.07, 6.45) is 10.6. The first-order valence-corrected chi connectivity index (χ1v) is 7.77. The Labute approximate surface area is 119 Å². The molecule has 1 spiro atoms. The smallest absolute Gasteiger partial charge is 0.244 e. The average molecular weight is 271 g/mol. The lowest BCUT2D eigenvalue weighted by Crippen LogP contribution is -2.44. The molecule has 0 bridgehead atoms. The molecule has 3 aliphatic rings. The van der Waals surface area contributed by atoms with Crippen LogP contribution in [-0.2, 0) is 4.79 Å². The van der Waals surface area contributed by atoms with E-state index >= 15 is 0 Å². The largest absolute Gasteiger partial charge is 0.321 e. The van der Waals surface area contributed by atoms with Crippen LogP contribution >= 0.6 is 0 Å². The van der Waals surface area contributed by atoms with Gasteiger partial charge in [0, 0.05) is 24.5 Å². The van der Waals surface area contributed by atoms with Crippen molar-refractivity contribution in [2.75, 3.05) is 6.54 Å². The first-order chi connectivity index (χ1) is 9.78. The van der Waals surface area contributed by atoms with Crippen LogP contribution in [0.2, 0.25) is 0 Å². The van der Waals surface area contributed by atoms with Gasteiger partial charge in [0.15, 0.2) is 0 Å². The highest BCUT2D eigenvalue weighted by molar-refractivity contribution is 5.89. The Hall–Kier alpha value is -1.42. The lowest BCUT2D eigenvalue weighted by molar-refractivity contribution is -0.133. The fourth-order valence-electron chi connectivity index (χ4n) is 3.70. The topological polar surface area (TPSA) is 45.2 Å². The maximum atomic E-state index is 12.9. The number of hydrogen-bond acceptors (Lipinski definition) is 3. The molecule has 106 valence electrons. The lowest BCUT2D eigenvalue weighted by atomic mass is 9.98. The van der Waals surface area contributed by atoms with Crippen LogP contribution in [0.25, 0.3) is 0 Å². The van der Waals surface area contributed by atoms with E-state index < -0.39 is 0 Å². The highest BCUT2D eigenvalue weighted by Gasteiger charge is 2.53. The van der Waals surface area contributed by atoms with Gasteiger partial charge in [-0.25, -0.2) is 0 Å². The van der Waals surface area contributed by atoms with Crippen molar-refractivity contribution in [3.05, 3.63) is 30.1 Å². The SMILES string of the molecule is O=C1N(CC2CC2)C(c2cccnc2)NC12CCCC2. The van der Waals surface area contributed by atoms with E-state index in [0.29, 0.717) is 5.91 Å². The Bertz CT molecular complexity index is 506. The molecule has 2 saturated carbocycles. The second-order valence-electron chi connectivity index (χ2n) is 6.52. The molecule has 1 aromatic rings. The fourth-order valence-corrected chi connectivity index (χ4v) is 3.70. The van der Waals surface area contributed by atoms with Crippen LogP contribution in [0.1, 0.15) is 50.3 Å². The molecule has 0 radical (unpaired) electrons. The van der Waals surface area contributed by atoms with E-state index in [1.807, 2.05) is 12.3 Å². The minimum absolute atomic E-state index is 0.0231. The summed E-state index contributed by atoms with van der Waals surface area (Å²) in [6.45, 7) is 0.910. The second kappa shape index (κ2) is 4.55. The molecule has 1 aromatic heterocycles. The molecule has 4 heteroatoms. The zero-order valence-electron chi connectivity index (χ0n) is 11.7. The summed E-state index contributed by atoms with van der Waals surface area (Å²) >= 11 is 0. The van der Waals surface area contributed by atoms with E-state index in [9.17, 15) is 4.79 Å². The number of carbonyl (C=O) groups is 1. The van der Waals surface area contributed by atoms with E-state index in [2.05, 4.69) is 21.3 Å². The molecule has 2 heterocycles. The van der Waals surface area contributed by atoms with Crippen molar-refractivity contribution in [2.45, 2.75) is 50.2 Å². The number of carbonyl (C=O) groups excluding carboxylic acids is 1. The quantitative estimate of drug-likeness (QED) is 0.917. The first-order valence-electron chi connectivity index (χ1n) is 7.77. The Morgan fingerprint density at radius 2 is 2.15 bits per heavy atom. The van der Waals surface area contributed by atoms with E-state index in [4.69, 9.17) is 0 Å². The summed E-state index contributed by atoms with van der Waals surface area (Å²) in [4.78, 5) is 19.2. The van der Waals surface area contributed by atoms with Gasteiger partial charge in [0.25, 0.3) is 0 Å². The first kappa shape index (κ1) is 12.3. The summed E-state index contributed by atoms with van der Waals surface area (Å²) in [5.74, 6) is 1.05. The minimum Gasteiger partial charge on any atom is -0.321 e. The van der Waals surface area contributed by atoms with E-state index in [-0.39, 0.29) is 11.7 Å². The van der Waals surface area contributed by atoms with Gasteiger partial charge in [-0.2, -0.15) is 0 Å². The van der Waals surface area contributed by atoms with Gasteiger partial charge < -0.3 is 4.90 Å². The van der Waals surface area contributed by atoms with E-state index in [1.165, 1.54) is 12.8 Å². The predicted molar refractivity (Wildman–Crippen MR) is 75.7 cm³/mol. The highest BCUT2D eigenvalue weighted by atomic mass is 16.2. The Kier molecular flexibility index (Phi) is 2.81. The van der Waals surface area contributed by atoms with Crippen LogP contribution in [0, 0.1) is 5.92 Å². The molecule has 1 saturated heterocycles. The van der Waals surface area contributed by atoms with Crippen LogP contribution in [0.15, 0.2) is 24.5 Å². The zero-order chi connectivity index (χ0) is 13.6. The Morgan fingerprint density at radius 1 is 1.35 bits per heavy atom. The molecule has 1 aliphatic heterocycles. The van der Waals surface area contributed by atoms with E-state index in [0.717, 1.165) is 43.7 Å². The van der Waals surface area contributed by atoms with Gasteiger partial charge in [0.2, 0.25) is 5.91 Å². The molecule has 4 rings (SSSR count). The number of pyridine rings is 1. The molecule has 2 aliphatic carbocycles. The van der Waals surface area contributed by atoms with Crippen molar-refractivity contribution in [2.24, 2.45) is 5.92 Å². The maximum Gasteiger partial charge on any atom is 0.244 e. The van der Waals surface area contributed by atoms with Gasteiger partial charge in [-0.05, 0) is 37.7 Å². The van der Waals surface area contributed by atoms with Crippen LogP contribution in [0.4, 0.5) is 0 Å². The summed E-state index contributed by atoms with van der Waals surface area (Å²) < 4.78 is 0. The minimum atomic E-state index is -0.282. The molecular weight excluding hydrogens is 250 g/mol. The van der Waals surface area contributed by atoms with Crippen LogP contribution in [0.3, 0.4) is 0 Å². The number of nitrogens with zero attached hydrogens (tertiary/aromatic N) is 2. The third kappa shape index (κ3) is 1.94. The molecule has 1 atom stereocenters. The second-order valence-corrected chi connectivity index (χ2v) is 6.52. The Morgan fingerprint density at radius 3 is 2.80 bits per heavy atom. The van der Waals surface area contributed by atoms with Crippen molar-refractivity contribution < 1.29 is 4.79 Å². The Balaban J connectivity index is 1.66. The summed E-state index contributed by atoms with van der Waals surface area (Å²) in [6, 6.07) is 4.03. The average Bonchev–Trinajstić information content (AvgIpc) is 3.11. The molecule has 1 N–H and O–H groups in total. The van der Waals surface area contributed by atoms with Crippen molar-refractivity contribution >= 4 is 5.91 Å². The third-order valence-corrected chi connectivity index (χ3v) is 5.00. The number of aromatic nitrogens is 1. The van der Waals surface area contributed by atoms with Gasteiger partial charge in [0.1, 0.15) is 6.17 Å². The fraction of sp³-hybridized carbons (Fsp3) is 0.625. The van der Waals surface area contributed by atoms with Crippen molar-refractivity contribution in [1.82, 2.24) is 15.2 Å². The van der Waals surface area contributed by atoms with Gasteiger partial charge in [-0.1, -0.05) is 18.9 Å².